The Morgan fingerprint density at radius 1 is 1.37 bits per heavy atom. The molecule has 3 rings (SSSR count). The van der Waals surface area contributed by atoms with Crippen LogP contribution in [0.15, 0.2) is 10.9 Å². The van der Waals surface area contributed by atoms with Crippen molar-refractivity contribution in [3.8, 4) is 0 Å². The van der Waals surface area contributed by atoms with Gasteiger partial charge in [-0.2, -0.15) is 0 Å². The van der Waals surface area contributed by atoms with Crippen molar-refractivity contribution in [2.75, 3.05) is 18.5 Å². The van der Waals surface area contributed by atoms with E-state index in [1.165, 1.54) is 0 Å². The third kappa shape index (κ3) is 3.15. The van der Waals surface area contributed by atoms with Crippen molar-refractivity contribution in [1.82, 2.24) is 9.97 Å². The van der Waals surface area contributed by atoms with Crippen LogP contribution in [0.5, 0.6) is 0 Å². The Bertz CT molecular complexity index is 490. The van der Waals surface area contributed by atoms with Gasteiger partial charge in [-0.25, -0.2) is 4.98 Å². The Labute approximate surface area is 112 Å². The third-order valence-electron chi connectivity index (χ3n) is 4.07. The molecule has 104 valence electrons. The van der Waals surface area contributed by atoms with Crippen molar-refractivity contribution in [3.63, 3.8) is 0 Å². The minimum absolute atomic E-state index is 0.0569. The molecule has 1 saturated carbocycles. The largest absolute Gasteiger partial charge is 0.381 e. The number of H-pyrrole nitrogens is 1. The molecular formula is C14H21N3O2. The van der Waals surface area contributed by atoms with E-state index in [-0.39, 0.29) is 5.56 Å². The second-order valence-corrected chi connectivity index (χ2v) is 5.67. The van der Waals surface area contributed by atoms with Crippen molar-refractivity contribution in [2.45, 2.75) is 44.6 Å². The van der Waals surface area contributed by atoms with E-state index < -0.39 is 0 Å². The first-order chi connectivity index (χ1) is 9.22. The van der Waals surface area contributed by atoms with Gasteiger partial charge in [-0.3, -0.25) is 4.79 Å². The molecule has 1 atom stereocenters. The van der Waals surface area contributed by atoms with Crippen molar-refractivity contribution >= 4 is 5.82 Å². The Balaban J connectivity index is 1.69. The van der Waals surface area contributed by atoms with Gasteiger partial charge in [0.1, 0.15) is 11.6 Å². The molecule has 0 spiro atoms. The van der Waals surface area contributed by atoms with Gasteiger partial charge in [0.25, 0.3) is 5.56 Å². The molecule has 5 nitrogen and oxygen atoms in total. The molecule has 0 aromatic carbocycles. The molecule has 0 radical (unpaired) electrons. The maximum atomic E-state index is 11.6. The molecule has 1 saturated heterocycles. The molecule has 1 unspecified atom stereocenters. The molecule has 1 aromatic rings. The van der Waals surface area contributed by atoms with Crippen molar-refractivity contribution in [2.24, 2.45) is 5.92 Å². The number of hydrogen-bond donors (Lipinski definition) is 2. The van der Waals surface area contributed by atoms with E-state index in [1.807, 2.05) is 0 Å². The van der Waals surface area contributed by atoms with Crippen LogP contribution in [0.3, 0.4) is 0 Å². The number of ether oxygens (including phenoxy) is 1. The van der Waals surface area contributed by atoms with Gasteiger partial charge < -0.3 is 15.0 Å². The SMILES string of the molecule is CC(Nc1cc(=O)[nH]c(C2CC2)n1)C1CCOCC1. The van der Waals surface area contributed by atoms with E-state index in [0.29, 0.717) is 23.7 Å². The lowest BCUT2D eigenvalue weighted by atomic mass is 9.93. The molecular weight excluding hydrogens is 242 g/mol. The van der Waals surface area contributed by atoms with E-state index >= 15 is 0 Å². The first kappa shape index (κ1) is 12.7. The van der Waals surface area contributed by atoms with Gasteiger partial charge in [-0.05, 0) is 38.5 Å². The van der Waals surface area contributed by atoms with Gasteiger partial charge in [-0.15, -0.1) is 0 Å². The standard InChI is InChI=1S/C14H21N3O2/c1-9(10-4-6-19-7-5-10)15-12-8-13(18)17-14(16-12)11-2-3-11/h8-11H,2-7H2,1H3,(H2,15,16,17,18). The molecule has 19 heavy (non-hydrogen) atoms. The van der Waals surface area contributed by atoms with Crippen molar-refractivity contribution < 1.29 is 4.74 Å². The van der Waals surface area contributed by atoms with E-state index in [1.54, 1.807) is 6.07 Å². The molecule has 2 heterocycles. The van der Waals surface area contributed by atoms with Crippen molar-refractivity contribution in [1.29, 1.82) is 0 Å². The summed E-state index contributed by atoms with van der Waals surface area (Å²) in [7, 11) is 0. The van der Waals surface area contributed by atoms with Gasteiger partial charge in [0.05, 0.1) is 0 Å². The highest BCUT2D eigenvalue weighted by Gasteiger charge is 2.27. The zero-order valence-corrected chi connectivity index (χ0v) is 11.3. The average Bonchev–Trinajstić information content (AvgIpc) is 3.23. The summed E-state index contributed by atoms with van der Waals surface area (Å²) >= 11 is 0. The summed E-state index contributed by atoms with van der Waals surface area (Å²) in [5, 5.41) is 3.39. The van der Waals surface area contributed by atoms with Crippen LogP contribution >= 0.6 is 0 Å². The number of aromatic amines is 1. The molecule has 1 aliphatic carbocycles. The first-order valence-electron chi connectivity index (χ1n) is 7.18. The highest BCUT2D eigenvalue weighted by Crippen LogP contribution is 2.37. The number of hydrogen-bond acceptors (Lipinski definition) is 4. The lowest BCUT2D eigenvalue weighted by molar-refractivity contribution is 0.0622. The van der Waals surface area contributed by atoms with E-state index in [9.17, 15) is 4.79 Å². The summed E-state index contributed by atoms with van der Waals surface area (Å²) in [6.45, 7) is 3.84. The van der Waals surface area contributed by atoms with Gasteiger partial charge in [-0.1, -0.05) is 0 Å². The molecule has 2 aliphatic rings. The summed E-state index contributed by atoms with van der Waals surface area (Å²) in [5.74, 6) is 2.62. The topological polar surface area (TPSA) is 67.0 Å². The number of rotatable bonds is 4. The van der Waals surface area contributed by atoms with Gasteiger partial charge >= 0.3 is 0 Å². The fourth-order valence-corrected chi connectivity index (χ4v) is 2.67. The van der Waals surface area contributed by atoms with Crippen molar-refractivity contribution in [3.05, 3.63) is 22.2 Å². The lowest BCUT2D eigenvalue weighted by Gasteiger charge is -2.28. The summed E-state index contributed by atoms with van der Waals surface area (Å²) in [4.78, 5) is 19.0. The van der Waals surface area contributed by atoms with Crippen LogP contribution in [0.4, 0.5) is 5.82 Å². The second kappa shape index (κ2) is 5.33. The number of aromatic nitrogens is 2. The summed E-state index contributed by atoms with van der Waals surface area (Å²) in [6.07, 6.45) is 4.43. The van der Waals surface area contributed by atoms with E-state index in [0.717, 1.165) is 44.7 Å². The fraction of sp³-hybridized carbons (Fsp3) is 0.714. The summed E-state index contributed by atoms with van der Waals surface area (Å²) in [5.41, 5.74) is -0.0569. The smallest absolute Gasteiger partial charge is 0.252 e. The van der Waals surface area contributed by atoms with Crippen LogP contribution in [0.1, 0.15) is 44.3 Å². The average molecular weight is 263 g/mol. The number of anilines is 1. The van der Waals surface area contributed by atoms with Gasteiger partial charge in [0.15, 0.2) is 0 Å². The monoisotopic (exact) mass is 263 g/mol. The Hall–Kier alpha value is -1.36. The van der Waals surface area contributed by atoms with Crippen LogP contribution in [-0.2, 0) is 4.74 Å². The van der Waals surface area contributed by atoms with E-state index in [2.05, 4.69) is 22.2 Å². The predicted octanol–water partition coefficient (Wildman–Crippen LogP) is 1.87. The number of nitrogens with zero attached hydrogens (tertiary/aromatic N) is 1. The zero-order chi connectivity index (χ0) is 13.2. The molecule has 5 heteroatoms. The van der Waals surface area contributed by atoms with E-state index in [4.69, 9.17) is 4.74 Å². The number of nitrogens with one attached hydrogen (secondary N) is 2. The fourth-order valence-electron chi connectivity index (χ4n) is 2.67. The van der Waals surface area contributed by atoms with Crippen LogP contribution in [0.2, 0.25) is 0 Å². The molecule has 1 aromatic heterocycles. The Morgan fingerprint density at radius 2 is 2.11 bits per heavy atom. The first-order valence-corrected chi connectivity index (χ1v) is 7.18. The van der Waals surface area contributed by atoms with Crippen LogP contribution in [0, 0.1) is 5.92 Å². The van der Waals surface area contributed by atoms with Gasteiger partial charge in [0, 0.05) is 31.2 Å². The highest BCUT2D eigenvalue weighted by molar-refractivity contribution is 5.35. The molecule has 0 bridgehead atoms. The minimum atomic E-state index is -0.0569. The molecule has 1 aliphatic heterocycles. The third-order valence-corrected chi connectivity index (χ3v) is 4.07. The minimum Gasteiger partial charge on any atom is -0.381 e. The second-order valence-electron chi connectivity index (χ2n) is 5.67. The Morgan fingerprint density at radius 3 is 2.79 bits per heavy atom. The maximum absolute atomic E-state index is 11.6. The molecule has 2 N–H and O–H groups in total. The quantitative estimate of drug-likeness (QED) is 0.870. The normalized spacial score (nSPS) is 22.2. The van der Waals surface area contributed by atoms with Crippen LogP contribution < -0.4 is 10.9 Å². The highest BCUT2D eigenvalue weighted by atomic mass is 16.5. The maximum Gasteiger partial charge on any atom is 0.252 e. The van der Waals surface area contributed by atoms with Gasteiger partial charge in [0.2, 0.25) is 0 Å². The summed E-state index contributed by atoms with van der Waals surface area (Å²) < 4.78 is 5.38. The molecule has 2 fully saturated rings. The predicted molar refractivity (Wildman–Crippen MR) is 73.5 cm³/mol. The summed E-state index contributed by atoms with van der Waals surface area (Å²) in [6, 6.07) is 1.88. The lowest BCUT2D eigenvalue weighted by Crippen LogP contribution is -2.31. The molecule has 0 amide bonds. The van der Waals surface area contributed by atoms with Crippen LogP contribution in [-0.4, -0.2) is 29.2 Å². The Kier molecular flexibility index (Phi) is 3.55. The zero-order valence-electron chi connectivity index (χ0n) is 11.3. The van der Waals surface area contributed by atoms with Crippen LogP contribution in [0.25, 0.3) is 0 Å².